The lowest BCUT2D eigenvalue weighted by molar-refractivity contribution is -0.122. The highest BCUT2D eigenvalue weighted by molar-refractivity contribution is 5.77. The van der Waals surface area contributed by atoms with Crippen molar-refractivity contribution in [1.82, 2.24) is 15.3 Å². The smallest absolute Gasteiger partial charge is 0.224 e. The molecule has 0 spiro atoms. The monoisotopic (exact) mass is 235 g/mol. The van der Waals surface area contributed by atoms with Crippen LogP contribution in [0.25, 0.3) is 0 Å². The maximum atomic E-state index is 11.0. The number of aromatic nitrogens is 2. The number of piperidine rings is 1. The van der Waals surface area contributed by atoms with Gasteiger partial charge in [0.25, 0.3) is 0 Å². The summed E-state index contributed by atoms with van der Waals surface area (Å²) in [5.41, 5.74) is 0.909. The molecule has 0 radical (unpaired) electrons. The zero-order chi connectivity index (χ0) is 12.3. The number of hydrogen-bond donors (Lipinski definition) is 3. The number of carbonyl (C=O) groups excluding carboxylic acids is 1. The van der Waals surface area contributed by atoms with E-state index in [2.05, 4.69) is 25.9 Å². The number of carbonyl (C=O) groups is 1. The van der Waals surface area contributed by atoms with Crippen molar-refractivity contribution in [3.05, 3.63) is 11.8 Å². The number of nitrogens with zero attached hydrogens (tertiary/aromatic N) is 2. The number of nitrogens with one attached hydrogen (secondary N) is 3. The predicted molar refractivity (Wildman–Crippen MR) is 66.0 cm³/mol. The molecule has 1 aliphatic rings. The molecule has 0 aromatic carbocycles. The van der Waals surface area contributed by atoms with Crippen molar-refractivity contribution in [3.8, 4) is 0 Å². The molecule has 2 rings (SSSR count). The highest BCUT2D eigenvalue weighted by Gasteiger charge is 2.18. The van der Waals surface area contributed by atoms with Crippen LogP contribution in [0.3, 0.4) is 0 Å². The fraction of sp³-hybridized carbons (Fsp3) is 0.545. The highest BCUT2D eigenvalue weighted by atomic mass is 16.1. The SMILES string of the molecule is CNc1nc(C)cc(NC2CCC(=O)NC2)n1. The zero-order valence-corrected chi connectivity index (χ0v) is 10.1. The summed E-state index contributed by atoms with van der Waals surface area (Å²) in [7, 11) is 1.79. The largest absolute Gasteiger partial charge is 0.365 e. The van der Waals surface area contributed by atoms with Gasteiger partial charge in [0, 0.05) is 37.8 Å². The van der Waals surface area contributed by atoms with Gasteiger partial charge in [-0.25, -0.2) is 4.98 Å². The molecule has 1 fully saturated rings. The van der Waals surface area contributed by atoms with Gasteiger partial charge in [-0.2, -0.15) is 4.98 Å². The summed E-state index contributed by atoms with van der Waals surface area (Å²) < 4.78 is 0. The summed E-state index contributed by atoms with van der Waals surface area (Å²) in [6.07, 6.45) is 1.41. The number of anilines is 2. The molecule has 1 aromatic heterocycles. The van der Waals surface area contributed by atoms with Crippen LogP contribution in [0.1, 0.15) is 18.5 Å². The third-order valence-electron chi connectivity index (χ3n) is 2.70. The van der Waals surface area contributed by atoms with E-state index in [9.17, 15) is 4.79 Å². The van der Waals surface area contributed by atoms with Gasteiger partial charge < -0.3 is 16.0 Å². The molecule has 0 saturated carbocycles. The number of aryl methyl sites for hydroxylation is 1. The Hall–Kier alpha value is -1.85. The van der Waals surface area contributed by atoms with Gasteiger partial charge in [-0.1, -0.05) is 0 Å². The standard InChI is InChI=1S/C11H17N5O/c1-7-5-9(16-11(12-2)14-7)15-8-3-4-10(17)13-6-8/h5,8H,3-4,6H2,1-2H3,(H,13,17)(H2,12,14,15,16). The van der Waals surface area contributed by atoms with E-state index in [4.69, 9.17) is 0 Å². The van der Waals surface area contributed by atoms with Crippen molar-refractivity contribution < 1.29 is 4.79 Å². The van der Waals surface area contributed by atoms with Gasteiger partial charge >= 0.3 is 0 Å². The number of amides is 1. The third kappa shape index (κ3) is 3.05. The fourth-order valence-corrected chi connectivity index (χ4v) is 1.82. The lowest BCUT2D eigenvalue weighted by Crippen LogP contribution is -2.42. The first kappa shape index (κ1) is 11.6. The summed E-state index contributed by atoms with van der Waals surface area (Å²) in [6.45, 7) is 2.58. The van der Waals surface area contributed by atoms with E-state index < -0.39 is 0 Å². The van der Waals surface area contributed by atoms with Gasteiger partial charge in [-0.15, -0.1) is 0 Å². The Morgan fingerprint density at radius 1 is 1.47 bits per heavy atom. The number of hydrogen-bond acceptors (Lipinski definition) is 5. The fourth-order valence-electron chi connectivity index (χ4n) is 1.82. The average molecular weight is 235 g/mol. The minimum atomic E-state index is 0.123. The zero-order valence-electron chi connectivity index (χ0n) is 10.1. The van der Waals surface area contributed by atoms with Gasteiger partial charge in [0.1, 0.15) is 5.82 Å². The van der Waals surface area contributed by atoms with Crippen molar-refractivity contribution in [2.45, 2.75) is 25.8 Å². The van der Waals surface area contributed by atoms with Gasteiger partial charge in [-0.3, -0.25) is 4.79 Å². The van der Waals surface area contributed by atoms with Gasteiger partial charge in [0.15, 0.2) is 0 Å². The molecule has 3 N–H and O–H groups in total. The molecular weight excluding hydrogens is 218 g/mol. The maximum absolute atomic E-state index is 11.0. The summed E-state index contributed by atoms with van der Waals surface area (Å²) in [5, 5.41) is 9.07. The third-order valence-corrected chi connectivity index (χ3v) is 2.70. The maximum Gasteiger partial charge on any atom is 0.224 e. The van der Waals surface area contributed by atoms with Crippen molar-refractivity contribution >= 4 is 17.7 Å². The van der Waals surface area contributed by atoms with E-state index in [0.717, 1.165) is 17.9 Å². The van der Waals surface area contributed by atoms with Gasteiger partial charge in [0.2, 0.25) is 11.9 Å². The summed E-state index contributed by atoms with van der Waals surface area (Å²) in [4.78, 5) is 19.6. The Bertz CT molecular complexity index is 410. The Morgan fingerprint density at radius 3 is 2.94 bits per heavy atom. The summed E-state index contributed by atoms with van der Waals surface area (Å²) in [5.74, 6) is 1.52. The Balaban J connectivity index is 2.02. The van der Waals surface area contributed by atoms with E-state index >= 15 is 0 Å². The quantitative estimate of drug-likeness (QED) is 0.711. The van der Waals surface area contributed by atoms with Crippen molar-refractivity contribution in [3.63, 3.8) is 0 Å². The van der Waals surface area contributed by atoms with E-state index in [-0.39, 0.29) is 11.9 Å². The van der Waals surface area contributed by atoms with Gasteiger partial charge in [-0.05, 0) is 13.3 Å². The van der Waals surface area contributed by atoms with Crippen LogP contribution in [-0.2, 0) is 4.79 Å². The molecule has 1 unspecified atom stereocenters. The molecule has 1 saturated heterocycles. The van der Waals surface area contributed by atoms with E-state index in [0.29, 0.717) is 18.9 Å². The molecule has 0 aliphatic carbocycles. The lowest BCUT2D eigenvalue weighted by Gasteiger charge is -2.24. The van der Waals surface area contributed by atoms with Crippen molar-refractivity contribution in [2.24, 2.45) is 0 Å². The topological polar surface area (TPSA) is 78.9 Å². The second kappa shape index (κ2) is 4.99. The lowest BCUT2D eigenvalue weighted by atomic mass is 10.1. The highest BCUT2D eigenvalue weighted by Crippen LogP contribution is 2.13. The molecule has 0 bridgehead atoms. The number of rotatable bonds is 3. The first-order valence-electron chi connectivity index (χ1n) is 5.74. The van der Waals surface area contributed by atoms with Crippen molar-refractivity contribution in [1.29, 1.82) is 0 Å². The molecule has 1 aliphatic heterocycles. The molecule has 6 nitrogen and oxygen atoms in total. The van der Waals surface area contributed by atoms with E-state index in [1.54, 1.807) is 7.05 Å². The molecular formula is C11H17N5O. The van der Waals surface area contributed by atoms with Crippen molar-refractivity contribution in [2.75, 3.05) is 24.2 Å². The molecule has 1 amide bonds. The summed E-state index contributed by atoms with van der Waals surface area (Å²) in [6, 6.07) is 2.14. The Morgan fingerprint density at radius 2 is 2.29 bits per heavy atom. The predicted octanol–water partition coefficient (Wildman–Crippen LogP) is 0.517. The molecule has 2 heterocycles. The van der Waals surface area contributed by atoms with Crippen LogP contribution in [0.15, 0.2) is 6.07 Å². The normalized spacial score (nSPS) is 19.6. The average Bonchev–Trinajstić information content (AvgIpc) is 2.31. The summed E-state index contributed by atoms with van der Waals surface area (Å²) >= 11 is 0. The molecule has 1 aromatic rings. The minimum Gasteiger partial charge on any atom is -0.365 e. The van der Waals surface area contributed by atoms with Crippen LogP contribution in [0.5, 0.6) is 0 Å². The van der Waals surface area contributed by atoms with Crippen LogP contribution in [-0.4, -0.2) is 35.5 Å². The molecule has 6 heteroatoms. The molecule has 1 atom stereocenters. The van der Waals surface area contributed by atoms with Crippen LogP contribution >= 0.6 is 0 Å². The molecule has 17 heavy (non-hydrogen) atoms. The second-order valence-corrected chi connectivity index (χ2v) is 4.15. The van der Waals surface area contributed by atoms with Gasteiger partial charge in [0.05, 0.1) is 0 Å². The molecule has 92 valence electrons. The first-order chi connectivity index (χ1) is 8.17. The Labute approximate surface area is 100 Å². The van der Waals surface area contributed by atoms with E-state index in [1.807, 2.05) is 13.0 Å². The first-order valence-corrected chi connectivity index (χ1v) is 5.74. The Kier molecular flexibility index (Phi) is 3.41. The van der Waals surface area contributed by atoms with Crippen LogP contribution in [0.4, 0.5) is 11.8 Å². The van der Waals surface area contributed by atoms with Crippen LogP contribution in [0, 0.1) is 6.92 Å². The second-order valence-electron chi connectivity index (χ2n) is 4.15. The van der Waals surface area contributed by atoms with E-state index in [1.165, 1.54) is 0 Å². The van der Waals surface area contributed by atoms with Crippen LogP contribution < -0.4 is 16.0 Å². The van der Waals surface area contributed by atoms with Crippen LogP contribution in [0.2, 0.25) is 0 Å². The minimum absolute atomic E-state index is 0.123.